The van der Waals surface area contributed by atoms with Crippen LogP contribution in [0, 0.1) is 30.6 Å². The van der Waals surface area contributed by atoms with E-state index in [1.807, 2.05) is 0 Å². The summed E-state index contributed by atoms with van der Waals surface area (Å²) in [6.07, 6.45) is 12.8. The maximum Gasteiger partial charge on any atom is 0.120 e. The maximum atomic E-state index is 9.91. The SMILES string of the molecule is C#CCC(C#C)CCC=O. The molecule has 0 rings (SSSR count). The van der Waals surface area contributed by atoms with Crippen LogP contribution in [-0.2, 0) is 4.79 Å². The van der Waals surface area contributed by atoms with Gasteiger partial charge in [-0.05, 0) is 6.42 Å². The molecule has 1 atom stereocenters. The van der Waals surface area contributed by atoms with Gasteiger partial charge in [-0.2, -0.15) is 0 Å². The van der Waals surface area contributed by atoms with Gasteiger partial charge in [-0.1, -0.05) is 0 Å². The standard InChI is InChI=1S/C9H10O/c1-3-6-9(4-2)7-5-8-10/h1-2,8-9H,5-7H2. The van der Waals surface area contributed by atoms with E-state index in [2.05, 4.69) is 11.8 Å². The second-order valence-corrected chi connectivity index (χ2v) is 2.02. The summed E-state index contributed by atoms with van der Waals surface area (Å²) in [4.78, 5) is 9.91. The minimum Gasteiger partial charge on any atom is -0.303 e. The first kappa shape index (κ1) is 8.79. The molecule has 0 N–H and O–H groups in total. The molecule has 0 aromatic carbocycles. The summed E-state index contributed by atoms with van der Waals surface area (Å²) >= 11 is 0. The molecule has 0 aliphatic carbocycles. The third kappa shape index (κ3) is 3.75. The van der Waals surface area contributed by atoms with Crippen LogP contribution in [0.4, 0.5) is 0 Å². The van der Waals surface area contributed by atoms with Crippen molar-refractivity contribution in [3.05, 3.63) is 0 Å². The first-order chi connectivity index (χ1) is 4.85. The Balaban J connectivity index is 3.54. The number of carbonyl (C=O) groups is 1. The Kier molecular flexibility index (Phi) is 5.20. The topological polar surface area (TPSA) is 17.1 Å². The molecule has 0 aromatic heterocycles. The molecule has 0 fully saturated rings. The van der Waals surface area contributed by atoms with Crippen LogP contribution >= 0.6 is 0 Å². The average Bonchev–Trinajstić information content (AvgIpc) is 1.98. The molecule has 1 nitrogen and oxygen atoms in total. The number of terminal acetylenes is 2. The Morgan fingerprint density at radius 2 is 2.20 bits per heavy atom. The highest BCUT2D eigenvalue weighted by atomic mass is 16.1. The van der Waals surface area contributed by atoms with Crippen molar-refractivity contribution >= 4 is 6.29 Å². The van der Waals surface area contributed by atoms with Gasteiger partial charge in [0.1, 0.15) is 6.29 Å². The Morgan fingerprint density at radius 3 is 2.60 bits per heavy atom. The molecule has 0 bridgehead atoms. The van der Waals surface area contributed by atoms with Gasteiger partial charge < -0.3 is 4.79 Å². The number of aldehydes is 1. The average molecular weight is 134 g/mol. The van der Waals surface area contributed by atoms with E-state index in [1.54, 1.807) is 0 Å². The molecule has 0 saturated heterocycles. The van der Waals surface area contributed by atoms with Gasteiger partial charge in [-0.15, -0.1) is 24.7 Å². The zero-order valence-corrected chi connectivity index (χ0v) is 5.84. The smallest absolute Gasteiger partial charge is 0.120 e. The van der Waals surface area contributed by atoms with E-state index in [9.17, 15) is 4.79 Å². The second kappa shape index (κ2) is 5.92. The zero-order chi connectivity index (χ0) is 7.82. The van der Waals surface area contributed by atoms with Crippen molar-refractivity contribution < 1.29 is 4.79 Å². The van der Waals surface area contributed by atoms with E-state index < -0.39 is 0 Å². The lowest BCUT2D eigenvalue weighted by Crippen LogP contribution is -1.95. The summed E-state index contributed by atoms with van der Waals surface area (Å²) in [7, 11) is 0. The predicted octanol–water partition coefficient (Wildman–Crippen LogP) is 1.24. The highest BCUT2D eigenvalue weighted by Gasteiger charge is 2.00. The molecule has 0 saturated carbocycles. The predicted molar refractivity (Wildman–Crippen MR) is 41.1 cm³/mol. The summed E-state index contributed by atoms with van der Waals surface area (Å²) in [5.41, 5.74) is 0. The van der Waals surface area contributed by atoms with E-state index in [-0.39, 0.29) is 5.92 Å². The quantitative estimate of drug-likeness (QED) is 0.417. The third-order valence-electron chi connectivity index (χ3n) is 1.23. The van der Waals surface area contributed by atoms with Gasteiger partial charge in [0, 0.05) is 18.8 Å². The van der Waals surface area contributed by atoms with Crippen molar-refractivity contribution in [1.29, 1.82) is 0 Å². The van der Waals surface area contributed by atoms with Crippen LogP contribution < -0.4 is 0 Å². The largest absolute Gasteiger partial charge is 0.303 e. The number of hydrogen-bond donors (Lipinski definition) is 0. The van der Waals surface area contributed by atoms with Crippen LogP contribution in [0.25, 0.3) is 0 Å². The molecule has 1 heteroatoms. The van der Waals surface area contributed by atoms with E-state index in [4.69, 9.17) is 12.8 Å². The first-order valence-corrected chi connectivity index (χ1v) is 3.18. The van der Waals surface area contributed by atoms with E-state index in [0.29, 0.717) is 19.3 Å². The highest BCUT2D eigenvalue weighted by Crippen LogP contribution is 2.07. The molecule has 52 valence electrons. The van der Waals surface area contributed by atoms with E-state index >= 15 is 0 Å². The molecule has 0 spiro atoms. The van der Waals surface area contributed by atoms with Gasteiger partial charge in [-0.3, -0.25) is 0 Å². The fourth-order valence-electron chi connectivity index (χ4n) is 0.656. The fraction of sp³-hybridized carbons (Fsp3) is 0.444. The first-order valence-electron chi connectivity index (χ1n) is 3.18. The summed E-state index contributed by atoms with van der Waals surface area (Å²) in [5.74, 6) is 5.08. The Hall–Kier alpha value is -1.21. The highest BCUT2D eigenvalue weighted by molar-refractivity contribution is 5.49. The van der Waals surface area contributed by atoms with Crippen LogP contribution in [0.1, 0.15) is 19.3 Å². The molecular weight excluding hydrogens is 124 g/mol. The van der Waals surface area contributed by atoms with Crippen molar-refractivity contribution in [2.75, 3.05) is 0 Å². The Bertz CT molecular complexity index is 168. The van der Waals surface area contributed by atoms with Crippen molar-refractivity contribution in [1.82, 2.24) is 0 Å². The molecule has 1 unspecified atom stereocenters. The van der Waals surface area contributed by atoms with Crippen LogP contribution in [0.15, 0.2) is 0 Å². The van der Waals surface area contributed by atoms with Crippen LogP contribution in [-0.4, -0.2) is 6.29 Å². The third-order valence-corrected chi connectivity index (χ3v) is 1.23. The Morgan fingerprint density at radius 1 is 1.50 bits per heavy atom. The number of hydrogen-bond acceptors (Lipinski definition) is 1. The summed E-state index contributed by atoms with van der Waals surface area (Å²) in [6.45, 7) is 0. The molecule has 0 aliphatic rings. The van der Waals surface area contributed by atoms with Crippen LogP contribution in [0.5, 0.6) is 0 Å². The van der Waals surface area contributed by atoms with Crippen molar-refractivity contribution in [3.63, 3.8) is 0 Å². The molecule has 10 heavy (non-hydrogen) atoms. The molecule has 0 heterocycles. The van der Waals surface area contributed by atoms with E-state index in [0.717, 1.165) is 6.29 Å². The van der Waals surface area contributed by atoms with Gasteiger partial charge >= 0.3 is 0 Å². The lowest BCUT2D eigenvalue weighted by molar-refractivity contribution is -0.108. The molecule has 0 aromatic rings. The van der Waals surface area contributed by atoms with Crippen LogP contribution in [0.2, 0.25) is 0 Å². The van der Waals surface area contributed by atoms with Crippen LogP contribution in [0.3, 0.4) is 0 Å². The van der Waals surface area contributed by atoms with Gasteiger partial charge in [-0.25, -0.2) is 0 Å². The molecular formula is C9H10O. The zero-order valence-electron chi connectivity index (χ0n) is 5.84. The summed E-state index contributed by atoms with van der Waals surface area (Å²) < 4.78 is 0. The van der Waals surface area contributed by atoms with E-state index in [1.165, 1.54) is 0 Å². The number of rotatable bonds is 4. The van der Waals surface area contributed by atoms with Crippen molar-refractivity contribution in [2.45, 2.75) is 19.3 Å². The van der Waals surface area contributed by atoms with Gasteiger partial charge in [0.15, 0.2) is 0 Å². The number of carbonyl (C=O) groups excluding carboxylic acids is 1. The summed E-state index contributed by atoms with van der Waals surface area (Å²) in [6, 6.07) is 0. The minimum absolute atomic E-state index is 0.0789. The minimum atomic E-state index is 0.0789. The maximum absolute atomic E-state index is 9.91. The molecule has 0 radical (unpaired) electrons. The monoisotopic (exact) mass is 134 g/mol. The lowest BCUT2D eigenvalue weighted by Gasteiger charge is -2.01. The normalized spacial score (nSPS) is 11.0. The summed E-state index contributed by atoms with van der Waals surface area (Å²) in [5, 5.41) is 0. The fourth-order valence-corrected chi connectivity index (χ4v) is 0.656. The molecule has 0 amide bonds. The van der Waals surface area contributed by atoms with Gasteiger partial charge in [0.05, 0.1) is 0 Å². The lowest BCUT2D eigenvalue weighted by atomic mass is 10.0. The second-order valence-electron chi connectivity index (χ2n) is 2.02. The van der Waals surface area contributed by atoms with Crippen molar-refractivity contribution in [2.24, 2.45) is 5.92 Å². The van der Waals surface area contributed by atoms with Gasteiger partial charge in [0.25, 0.3) is 0 Å². The van der Waals surface area contributed by atoms with Crippen molar-refractivity contribution in [3.8, 4) is 24.7 Å². The molecule has 0 aliphatic heterocycles. The van der Waals surface area contributed by atoms with Gasteiger partial charge in [0.2, 0.25) is 0 Å². The Labute approximate surface area is 61.8 Å².